The van der Waals surface area contributed by atoms with Crippen LogP contribution in [-0.4, -0.2) is 89.2 Å². The van der Waals surface area contributed by atoms with Crippen LogP contribution in [0.1, 0.15) is 31.2 Å². The van der Waals surface area contributed by atoms with Gasteiger partial charge < -0.3 is 19.9 Å². The number of β-amino-alcohol motifs (C(OH)–C–C–N with tert-alkyl or cyclic N) is 1. The molecule has 2 aliphatic heterocycles. The Morgan fingerprint density at radius 3 is 2.72 bits per heavy atom. The van der Waals surface area contributed by atoms with E-state index in [9.17, 15) is 9.90 Å². The maximum absolute atomic E-state index is 12.8. The molecule has 158 valence electrons. The largest absolute Gasteiger partial charge is 0.388 e. The summed E-state index contributed by atoms with van der Waals surface area (Å²) >= 11 is 0. The zero-order valence-electron chi connectivity index (χ0n) is 17.6. The number of benzene rings is 1. The van der Waals surface area contributed by atoms with E-state index < -0.39 is 5.60 Å². The lowest BCUT2D eigenvalue weighted by Gasteiger charge is -2.38. The first kappa shape index (κ1) is 20.4. The molecule has 0 unspecified atom stereocenters. The molecule has 4 rings (SSSR count). The number of piperazine rings is 1. The molecule has 1 amide bonds. The Morgan fingerprint density at radius 2 is 1.90 bits per heavy atom. The number of carbonyl (C=O) groups is 1. The summed E-state index contributed by atoms with van der Waals surface area (Å²) in [6, 6.07) is 8.23. The minimum Gasteiger partial charge on any atom is -0.388 e. The standard InChI is InChI=1S/C23H34N4O2/c1-25-13-15-26(16-14-25)18-23(29)9-4-11-27(12-10-23)22(28)8-7-19-17-24-21-6-3-2-5-20(19)21/h2-3,5-6,17,24,29H,4,7-16,18H2,1H3/t23-/m0/s1. The van der Waals surface area contributed by atoms with Gasteiger partial charge in [-0.05, 0) is 44.4 Å². The van der Waals surface area contributed by atoms with E-state index in [-0.39, 0.29) is 5.91 Å². The fourth-order valence-electron chi connectivity index (χ4n) is 4.75. The smallest absolute Gasteiger partial charge is 0.222 e. The van der Waals surface area contributed by atoms with Crippen LogP contribution >= 0.6 is 0 Å². The Balaban J connectivity index is 1.29. The summed E-state index contributed by atoms with van der Waals surface area (Å²) in [5.41, 5.74) is 1.66. The Kier molecular flexibility index (Phi) is 6.23. The number of fused-ring (bicyclic) bond motifs is 1. The Hall–Kier alpha value is -1.89. The van der Waals surface area contributed by atoms with Crippen molar-refractivity contribution in [3.8, 4) is 0 Å². The Bertz CT molecular complexity index is 827. The van der Waals surface area contributed by atoms with Gasteiger partial charge in [-0.3, -0.25) is 9.69 Å². The minimum absolute atomic E-state index is 0.208. The highest BCUT2D eigenvalue weighted by atomic mass is 16.3. The molecule has 29 heavy (non-hydrogen) atoms. The van der Waals surface area contributed by atoms with Gasteiger partial charge in [-0.2, -0.15) is 0 Å². The first-order valence-corrected chi connectivity index (χ1v) is 11.0. The van der Waals surface area contributed by atoms with Crippen molar-refractivity contribution in [3.63, 3.8) is 0 Å². The molecule has 6 nitrogen and oxygen atoms in total. The number of rotatable bonds is 5. The van der Waals surface area contributed by atoms with Crippen molar-refractivity contribution in [2.45, 2.75) is 37.7 Å². The van der Waals surface area contributed by atoms with E-state index in [4.69, 9.17) is 0 Å². The van der Waals surface area contributed by atoms with Crippen LogP contribution in [0.4, 0.5) is 0 Å². The van der Waals surface area contributed by atoms with Crippen molar-refractivity contribution >= 4 is 16.8 Å². The van der Waals surface area contributed by atoms with Crippen LogP contribution in [0.15, 0.2) is 30.5 Å². The van der Waals surface area contributed by atoms with Gasteiger partial charge in [-0.25, -0.2) is 0 Å². The number of amides is 1. The van der Waals surface area contributed by atoms with Crippen LogP contribution in [0.25, 0.3) is 10.9 Å². The first-order chi connectivity index (χ1) is 14.0. The van der Waals surface area contributed by atoms with Gasteiger partial charge in [0.1, 0.15) is 0 Å². The van der Waals surface area contributed by atoms with Crippen molar-refractivity contribution in [1.82, 2.24) is 19.7 Å². The molecule has 3 heterocycles. The molecular formula is C23H34N4O2. The molecule has 0 saturated carbocycles. The van der Waals surface area contributed by atoms with Crippen LogP contribution in [0.3, 0.4) is 0 Å². The lowest BCUT2D eigenvalue weighted by atomic mass is 9.94. The number of aliphatic hydroxyl groups is 1. The zero-order chi connectivity index (χ0) is 20.3. The van der Waals surface area contributed by atoms with Crippen molar-refractivity contribution in [2.75, 3.05) is 52.9 Å². The first-order valence-electron chi connectivity index (χ1n) is 11.0. The Labute approximate surface area is 173 Å². The van der Waals surface area contributed by atoms with E-state index in [1.165, 1.54) is 10.9 Å². The van der Waals surface area contributed by atoms with Gasteiger partial charge in [0.05, 0.1) is 5.60 Å². The number of para-hydroxylation sites is 1. The van der Waals surface area contributed by atoms with E-state index in [0.717, 1.165) is 64.0 Å². The summed E-state index contributed by atoms with van der Waals surface area (Å²) in [6.07, 6.45) is 5.64. The molecule has 0 bridgehead atoms. The third-order valence-corrected chi connectivity index (χ3v) is 6.67. The highest BCUT2D eigenvalue weighted by Gasteiger charge is 2.33. The number of aromatic amines is 1. The average Bonchev–Trinajstić information content (AvgIpc) is 3.03. The summed E-state index contributed by atoms with van der Waals surface area (Å²) in [5, 5.41) is 12.4. The molecule has 1 aromatic carbocycles. The van der Waals surface area contributed by atoms with Crippen LogP contribution in [0.2, 0.25) is 0 Å². The molecular weight excluding hydrogens is 364 g/mol. The van der Waals surface area contributed by atoms with Crippen molar-refractivity contribution in [2.24, 2.45) is 0 Å². The molecule has 2 N–H and O–H groups in total. The van der Waals surface area contributed by atoms with E-state index in [1.54, 1.807) is 0 Å². The maximum Gasteiger partial charge on any atom is 0.222 e. The summed E-state index contributed by atoms with van der Waals surface area (Å²) in [7, 11) is 2.15. The second kappa shape index (κ2) is 8.86. The molecule has 2 aromatic rings. The zero-order valence-corrected chi connectivity index (χ0v) is 17.6. The number of hydrogen-bond acceptors (Lipinski definition) is 4. The quantitative estimate of drug-likeness (QED) is 0.810. The minimum atomic E-state index is -0.665. The number of H-pyrrole nitrogens is 1. The highest BCUT2D eigenvalue weighted by Crippen LogP contribution is 2.25. The molecule has 0 spiro atoms. The SMILES string of the molecule is CN1CCN(C[C@]2(O)CCCN(C(=O)CCc3c[nH]c4ccccc34)CC2)CC1. The molecule has 6 heteroatoms. The lowest BCUT2D eigenvalue weighted by molar-refractivity contribution is -0.131. The van der Waals surface area contributed by atoms with Gasteiger partial charge in [-0.15, -0.1) is 0 Å². The van der Waals surface area contributed by atoms with E-state index in [0.29, 0.717) is 19.4 Å². The predicted molar refractivity (Wildman–Crippen MR) is 116 cm³/mol. The monoisotopic (exact) mass is 398 g/mol. The number of aryl methyl sites for hydroxylation is 1. The fourth-order valence-corrected chi connectivity index (χ4v) is 4.75. The van der Waals surface area contributed by atoms with E-state index in [1.807, 2.05) is 23.2 Å². The third kappa shape index (κ3) is 5.00. The molecule has 1 aromatic heterocycles. The number of nitrogens with zero attached hydrogens (tertiary/aromatic N) is 3. The molecule has 0 aliphatic carbocycles. The van der Waals surface area contributed by atoms with Gasteiger partial charge in [0, 0.05) is 69.3 Å². The van der Waals surface area contributed by atoms with Crippen LogP contribution in [0.5, 0.6) is 0 Å². The highest BCUT2D eigenvalue weighted by molar-refractivity contribution is 5.84. The number of aromatic nitrogens is 1. The summed E-state index contributed by atoms with van der Waals surface area (Å²) < 4.78 is 0. The van der Waals surface area contributed by atoms with Crippen LogP contribution in [0, 0.1) is 0 Å². The number of nitrogens with one attached hydrogen (secondary N) is 1. The Morgan fingerprint density at radius 1 is 1.10 bits per heavy atom. The van der Waals surface area contributed by atoms with Gasteiger partial charge in [0.15, 0.2) is 0 Å². The second-order valence-corrected chi connectivity index (χ2v) is 8.90. The normalized spacial score (nSPS) is 24.7. The van der Waals surface area contributed by atoms with Crippen molar-refractivity contribution < 1.29 is 9.90 Å². The number of likely N-dealkylation sites (tertiary alicyclic amines) is 1. The average molecular weight is 399 g/mol. The molecule has 2 saturated heterocycles. The topological polar surface area (TPSA) is 62.8 Å². The van der Waals surface area contributed by atoms with Gasteiger partial charge in [0.2, 0.25) is 5.91 Å². The van der Waals surface area contributed by atoms with Gasteiger partial charge >= 0.3 is 0 Å². The maximum atomic E-state index is 12.8. The molecule has 1 atom stereocenters. The van der Waals surface area contributed by atoms with Crippen molar-refractivity contribution in [3.05, 3.63) is 36.0 Å². The molecule has 0 radical (unpaired) electrons. The van der Waals surface area contributed by atoms with Crippen molar-refractivity contribution in [1.29, 1.82) is 0 Å². The lowest BCUT2D eigenvalue weighted by Crippen LogP contribution is -2.51. The van der Waals surface area contributed by atoms with Gasteiger partial charge in [-0.1, -0.05) is 18.2 Å². The van der Waals surface area contributed by atoms with Gasteiger partial charge in [0.25, 0.3) is 0 Å². The predicted octanol–water partition coefficient (Wildman–Crippen LogP) is 2.09. The fraction of sp³-hybridized carbons (Fsp3) is 0.609. The van der Waals surface area contributed by atoms with E-state index >= 15 is 0 Å². The summed E-state index contributed by atoms with van der Waals surface area (Å²) in [5.74, 6) is 0.208. The number of likely N-dealkylation sites (N-methyl/N-ethyl adjacent to an activating group) is 1. The molecule has 2 aliphatic rings. The summed E-state index contributed by atoms with van der Waals surface area (Å²) in [4.78, 5) is 22.8. The second-order valence-electron chi connectivity index (χ2n) is 8.90. The number of hydrogen-bond donors (Lipinski definition) is 2. The third-order valence-electron chi connectivity index (χ3n) is 6.67. The molecule has 2 fully saturated rings. The summed E-state index contributed by atoms with van der Waals surface area (Å²) in [6.45, 7) is 6.33. The van der Waals surface area contributed by atoms with Crippen LogP contribution in [-0.2, 0) is 11.2 Å². The van der Waals surface area contributed by atoms with E-state index in [2.05, 4.69) is 34.0 Å². The van der Waals surface area contributed by atoms with Crippen LogP contribution < -0.4 is 0 Å². The number of carbonyl (C=O) groups excluding carboxylic acids is 1.